The summed E-state index contributed by atoms with van der Waals surface area (Å²) >= 11 is 0. The highest BCUT2D eigenvalue weighted by Gasteiger charge is 2.38. The molecule has 0 unspecified atom stereocenters. The third-order valence-corrected chi connectivity index (χ3v) is 4.92. The van der Waals surface area contributed by atoms with E-state index in [1.54, 1.807) is 21.9 Å². The van der Waals surface area contributed by atoms with Crippen molar-refractivity contribution in [1.29, 1.82) is 0 Å². The SMILES string of the molecule is CC(=O)N1CCN2C(=O)[C@@H]1CCCC(=O)c1cc(OCC(C)C)ccc12. The normalized spacial score (nSPS) is 20.4. The molecule has 0 N–H and O–H groups in total. The van der Waals surface area contributed by atoms with Crippen molar-refractivity contribution in [2.75, 3.05) is 24.6 Å². The van der Waals surface area contributed by atoms with Crippen molar-refractivity contribution in [3.05, 3.63) is 23.8 Å². The molecule has 6 heteroatoms. The quantitative estimate of drug-likeness (QED) is 0.833. The van der Waals surface area contributed by atoms with Gasteiger partial charge in [-0.15, -0.1) is 0 Å². The third-order valence-electron chi connectivity index (χ3n) is 4.92. The van der Waals surface area contributed by atoms with Crippen LogP contribution in [0.3, 0.4) is 0 Å². The summed E-state index contributed by atoms with van der Waals surface area (Å²) in [6, 6.07) is 4.89. The van der Waals surface area contributed by atoms with Crippen LogP contribution in [0.25, 0.3) is 0 Å². The summed E-state index contributed by atoms with van der Waals surface area (Å²) in [4.78, 5) is 40.9. The van der Waals surface area contributed by atoms with Crippen molar-refractivity contribution in [1.82, 2.24) is 4.90 Å². The number of piperazine rings is 1. The minimum atomic E-state index is -0.475. The number of ketones is 1. The number of fused-ring (bicyclic) bond motifs is 4. The highest BCUT2D eigenvalue weighted by Crippen LogP contribution is 2.32. The molecule has 2 aliphatic rings. The molecule has 2 bridgehead atoms. The molecular formula is C20H26N2O4. The van der Waals surface area contributed by atoms with Gasteiger partial charge in [-0.25, -0.2) is 0 Å². The van der Waals surface area contributed by atoms with Crippen LogP contribution in [-0.2, 0) is 9.59 Å². The number of amides is 2. The van der Waals surface area contributed by atoms with Crippen molar-refractivity contribution in [2.45, 2.75) is 46.1 Å². The Morgan fingerprint density at radius 3 is 2.73 bits per heavy atom. The van der Waals surface area contributed by atoms with Crippen molar-refractivity contribution in [3.63, 3.8) is 0 Å². The largest absolute Gasteiger partial charge is 0.493 e. The number of benzene rings is 1. The van der Waals surface area contributed by atoms with E-state index in [1.165, 1.54) is 6.92 Å². The number of carbonyl (C=O) groups excluding carboxylic acids is 3. The number of Topliss-reactive ketones (excluding diaryl/α,β-unsaturated/α-hetero) is 1. The van der Waals surface area contributed by atoms with Gasteiger partial charge >= 0.3 is 0 Å². The van der Waals surface area contributed by atoms with Gasteiger partial charge in [-0.2, -0.15) is 0 Å². The minimum absolute atomic E-state index is 0.0183. The fraction of sp³-hybridized carbons (Fsp3) is 0.550. The van der Waals surface area contributed by atoms with E-state index < -0.39 is 6.04 Å². The Kier molecular flexibility index (Phi) is 5.30. The molecule has 3 rings (SSSR count). The van der Waals surface area contributed by atoms with Gasteiger partial charge in [-0.1, -0.05) is 13.8 Å². The molecule has 1 aromatic rings. The summed E-state index contributed by atoms with van der Waals surface area (Å²) in [5.74, 6) is 0.864. The monoisotopic (exact) mass is 358 g/mol. The Bertz CT molecular complexity index is 729. The fourth-order valence-electron chi connectivity index (χ4n) is 3.60. The Hall–Kier alpha value is -2.37. The minimum Gasteiger partial charge on any atom is -0.493 e. The van der Waals surface area contributed by atoms with Crippen molar-refractivity contribution in [2.24, 2.45) is 5.92 Å². The van der Waals surface area contributed by atoms with Crippen LogP contribution in [0.1, 0.15) is 50.4 Å². The van der Waals surface area contributed by atoms with Crippen LogP contribution < -0.4 is 9.64 Å². The summed E-state index contributed by atoms with van der Waals surface area (Å²) in [6.07, 6.45) is 1.47. The smallest absolute Gasteiger partial charge is 0.249 e. The zero-order valence-corrected chi connectivity index (χ0v) is 15.7. The number of ether oxygens (including phenoxy) is 1. The molecule has 1 fully saturated rings. The second kappa shape index (κ2) is 7.48. The van der Waals surface area contributed by atoms with E-state index in [0.29, 0.717) is 61.9 Å². The first-order chi connectivity index (χ1) is 12.4. The second-order valence-electron chi connectivity index (χ2n) is 7.42. The fourth-order valence-corrected chi connectivity index (χ4v) is 3.60. The molecule has 0 radical (unpaired) electrons. The van der Waals surface area contributed by atoms with Gasteiger partial charge in [-0.05, 0) is 37.0 Å². The molecule has 2 aliphatic heterocycles. The number of nitrogens with zero attached hydrogens (tertiary/aromatic N) is 2. The summed E-state index contributed by atoms with van der Waals surface area (Å²) in [5.41, 5.74) is 1.17. The highest BCUT2D eigenvalue weighted by molar-refractivity contribution is 6.08. The Balaban J connectivity index is 1.96. The standard InChI is InChI=1S/C20H26N2O4/c1-13(2)12-26-15-7-8-17-16(11-15)19(24)6-4-5-18-20(25)22(17)10-9-21(18)14(3)23/h7-8,11,13,18H,4-6,9-10,12H2,1-3H3/t18-/m0/s1. The predicted molar refractivity (Wildman–Crippen MR) is 98.5 cm³/mol. The maximum atomic E-state index is 13.0. The van der Waals surface area contributed by atoms with Gasteiger partial charge < -0.3 is 14.5 Å². The maximum absolute atomic E-state index is 13.0. The van der Waals surface area contributed by atoms with E-state index >= 15 is 0 Å². The van der Waals surface area contributed by atoms with Crippen LogP contribution in [0.5, 0.6) is 5.75 Å². The lowest BCUT2D eigenvalue weighted by molar-refractivity contribution is -0.140. The summed E-state index contributed by atoms with van der Waals surface area (Å²) in [6.45, 7) is 7.09. The molecule has 0 saturated carbocycles. The zero-order valence-electron chi connectivity index (χ0n) is 15.7. The van der Waals surface area contributed by atoms with Gasteiger partial charge in [0.2, 0.25) is 11.8 Å². The summed E-state index contributed by atoms with van der Waals surface area (Å²) in [7, 11) is 0. The Morgan fingerprint density at radius 2 is 2.04 bits per heavy atom. The van der Waals surface area contributed by atoms with Crippen molar-refractivity contribution < 1.29 is 19.1 Å². The summed E-state index contributed by atoms with van der Waals surface area (Å²) < 4.78 is 5.76. The number of hydrogen-bond donors (Lipinski definition) is 0. The van der Waals surface area contributed by atoms with Gasteiger partial charge in [0.25, 0.3) is 0 Å². The van der Waals surface area contributed by atoms with Crippen molar-refractivity contribution in [3.8, 4) is 5.75 Å². The number of hydrogen-bond acceptors (Lipinski definition) is 4. The summed E-state index contributed by atoms with van der Waals surface area (Å²) in [5, 5.41) is 0. The van der Waals surface area contributed by atoms with E-state index in [-0.39, 0.29) is 17.6 Å². The van der Waals surface area contributed by atoms with Crippen LogP contribution in [0, 0.1) is 5.92 Å². The van der Waals surface area contributed by atoms with Crippen LogP contribution in [-0.4, -0.2) is 48.2 Å². The first-order valence-corrected chi connectivity index (χ1v) is 9.27. The predicted octanol–water partition coefficient (Wildman–Crippen LogP) is 2.65. The first-order valence-electron chi connectivity index (χ1n) is 9.27. The maximum Gasteiger partial charge on any atom is 0.249 e. The molecule has 0 aliphatic carbocycles. The molecule has 140 valence electrons. The molecule has 2 heterocycles. The molecule has 1 atom stereocenters. The number of carbonyl (C=O) groups is 3. The van der Waals surface area contributed by atoms with E-state index in [2.05, 4.69) is 13.8 Å². The topological polar surface area (TPSA) is 66.9 Å². The average Bonchev–Trinajstić information content (AvgIpc) is 2.62. The Labute approximate surface area is 154 Å². The molecule has 0 spiro atoms. The molecule has 1 saturated heterocycles. The number of anilines is 1. The highest BCUT2D eigenvalue weighted by atomic mass is 16.5. The van der Waals surface area contributed by atoms with Crippen LogP contribution in [0.15, 0.2) is 18.2 Å². The van der Waals surface area contributed by atoms with Crippen molar-refractivity contribution >= 4 is 23.3 Å². The zero-order chi connectivity index (χ0) is 18.8. The molecule has 1 aromatic carbocycles. The first kappa shape index (κ1) is 18.4. The van der Waals surface area contributed by atoms with E-state index in [4.69, 9.17) is 4.74 Å². The van der Waals surface area contributed by atoms with E-state index in [0.717, 1.165) is 0 Å². The molecule has 26 heavy (non-hydrogen) atoms. The van der Waals surface area contributed by atoms with Crippen LogP contribution in [0.4, 0.5) is 5.69 Å². The lowest BCUT2D eigenvalue weighted by Crippen LogP contribution is -2.58. The average molecular weight is 358 g/mol. The van der Waals surface area contributed by atoms with Gasteiger partial charge in [0, 0.05) is 32.0 Å². The number of rotatable bonds is 3. The second-order valence-corrected chi connectivity index (χ2v) is 7.42. The van der Waals surface area contributed by atoms with E-state index in [1.807, 2.05) is 6.07 Å². The third kappa shape index (κ3) is 3.59. The van der Waals surface area contributed by atoms with Gasteiger partial charge in [0.1, 0.15) is 11.8 Å². The van der Waals surface area contributed by atoms with Crippen LogP contribution >= 0.6 is 0 Å². The molecule has 0 aromatic heterocycles. The lowest BCUT2D eigenvalue weighted by atomic mass is 10.0. The van der Waals surface area contributed by atoms with Gasteiger partial charge in [-0.3, -0.25) is 14.4 Å². The van der Waals surface area contributed by atoms with Gasteiger partial charge in [0.05, 0.1) is 12.3 Å². The molecular weight excluding hydrogens is 332 g/mol. The molecule has 6 nitrogen and oxygen atoms in total. The van der Waals surface area contributed by atoms with Gasteiger partial charge in [0.15, 0.2) is 5.78 Å². The Morgan fingerprint density at radius 1 is 1.27 bits per heavy atom. The molecule has 2 amide bonds. The lowest BCUT2D eigenvalue weighted by Gasteiger charge is -2.40. The van der Waals surface area contributed by atoms with E-state index in [9.17, 15) is 14.4 Å². The van der Waals surface area contributed by atoms with Crippen LogP contribution in [0.2, 0.25) is 0 Å².